The number of para-hydroxylation sites is 1. The van der Waals surface area contributed by atoms with Crippen molar-refractivity contribution in [2.45, 2.75) is 26.6 Å². The summed E-state index contributed by atoms with van der Waals surface area (Å²) in [5.74, 6) is 1.00. The summed E-state index contributed by atoms with van der Waals surface area (Å²) in [4.78, 5) is 18.9. The lowest BCUT2D eigenvalue weighted by atomic mass is 10.1. The third kappa shape index (κ3) is 3.52. The Morgan fingerprint density at radius 3 is 2.88 bits per heavy atom. The lowest BCUT2D eigenvalue weighted by Gasteiger charge is -2.17. The number of nitrogens with zero attached hydrogens (tertiary/aromatic N) is 3. The van der Waals surface area contributed by atoms with Gasteiger partial charge in [-0.15, -0.1) is 0 Å². The highest BCUT2D eigenvalue weighted by Gasteiger charge is 2.14. The molecule has 1 aromatic carbocycles. The van der Waals surface area contributed by atoms with Crippen LogP contribution in [0.25, 0.3) is 11.0 Å². The normalized spacial score (nSPS) is 11.5. The number of methoxy groups -OCH3 is 1. The molecular weight excluding hydrogens is 310 g/mol. The van der Waals surface area contributed by atoms with E-state index in [1.165, 1.54) is 6.26 Å². The van der Waals surface area contributed by atoms with Crippen molar-refractivity contribution in [3.63, 3.8) is 0 Å². The van der Waals surface area contributed by atoms with Gasteiger partial charge in [0, 0.05) is 19.2 Å². The predicted octanol–water partition coefficient (Wildman–Crippen LogP) is 2.34. The largest absolute Gasteiger partial charge is 0.464 e. The van der Waals surface area contributed by atoms with Gasteiger partial charge in [-0.05, 0) is 18.7 Å². The van der Waals surface area contributed by atoms with Gasteiger partial charge < -0.3 is 13.7 Å². The highest BCUT2D eigenvalue weighted by molar-refractivity contribution is 5.76. The van der Waals surface area contributed by atoms with Gasteiger partial charge in [-0.2, -0.15) is 4.98 Å². The van der Waals surface area contributed by atoms with Gasteiger partial charge in [0.05, 0.1) is 18.2 Å². The second-order valence-electron chi connectivity index (χ2n) is 5.43. The Labute approximate surface area is 138 Å². The Bertz CT molecular complexity index is 871. The number of fused-ring (bicyclic) bond motifs is 1. The Kier molecular flexibility index (Phi) is 5.02. The molecule has 0 atom stereocenters. The minimum Gasteiger partial charge on any atom is -0.464 e. The van der Waals surface area contributed by atoms with Gasteiger partial charge in [0.15, 0.2) is 11.3 Å². The SMILES string of the molecule is CCN(Cc1nc(COC)no1)Cc1coc2ccccc2c1=O. The lowest BCUT2D eigenvalue weighted by molar-refractivity contribution is 0.174. The average molecular weight is 329 g/mol. The van der Waals surface area contributed by atoms with E-state index in [0.717, 1.165) is 6.54 Å². The Hall–Kier alpha value is -2.51. The molecule has 7 nitrogen and oxygen atoms in total. The zero-order chi connectivity index (χ0) is 16.9. The van der Waals surface area contributed by atoms with Crippen LogP contribution in [0.5, 0.6) is 0 Å². The highest BCUT2D eigenvalue weighted by Crippen LogP contribution is 2.13. The molecule has 0 bridgehead atoms. The molecule has 0 fully saturated rings. The Morgan fingerprint density at radius 2 is 2.08 bits per heavy atom. The predicted molar refractivity (Wildman–Crippen MR) is 87.3 cm³/mol. The molecule has 0 saturated carbocycles. The lowest BCUT2D eigenvalue weighted by Crippen LogP contribution is -2.25. The molecule has 0 unspecified atom stereocenters. The summed E-state index contributed by atoms with van der Waals surface area (Å²) in [6.07, 6.45) is 1.53. The fourth-order valence-corrected chi connectivity index (χ4v) is 2.48. The molecule has 2 heterocycles. The molecule has 3 rings (SSSR count). The molecular formula is C17H19N3O4. The number of aromatic nitrogens is 2. The first-order valence-electron chi connectivity index (χ1n) is 7.73. The van der Waals surface area contributed by atoms with Gasteiger partial charge in [-0.3, -0.25) is 9.69 Å². The van der Waals surface area contributed by atoms with E-state index >= 15 is 0 Å². The monoisotopic (exact) mass is 329 g/mol. The first-order chi connectivity index (χ1) is 11.7. The minimum absolute atomic E-state index is 0.0131. The molecule has 3 aromatic rings. The molecule has 0 radical (unpaired) electrons. The summed E-state index contributed by atoms with van der Waals surface area (Å²) in [7, 11) is 1.58. The first-order valence-corrected chi connectivity index (χ1v) is 7.73. The molecule has 0 aliphatic rings. The quantitative estimate of drug-likeness (QED) is 0.658. The van der Waals surface area contributed by atoms with Crippen LogP contribution >= 0.6 is 0 Å². The van der Waals surface area contributed by atoms with E-state index in [1.807, 2.05) is 24.0 Å². The van der Waals surface area contributed by atoms with Gasteiger partial charge >= 0.3 is 0 Å². The number of benzene rings is 1. The van der Waals surface area contributed by atoms with E-state index in [4.69, 9.17) is 13.7 Å². The summed E-state index contributed by atoms with van der Waals surface area (Å²) >= 11 is 0. The topological polar surface area (TPSA) is 81.6 Å². The first kappa shape index (κ1) is 16.4. The third-order valence-electron chi connectivity index (χ3n) is 3.74. The summed E-state index contributed by atoms with van der Waals surface area (Å²) in [5, 5.41) is 4.43. The fraction of sp³-hybridized carbons (Fsp3) is 0.353. The minimum atomic E-state index is -0.0131. The zero-order valence-corrected chi connectivity index (χ0v) is 13.7. The van der Waals surface area contributed by atoms with E-state index < -0.39 is 0 Å². The zero-order valence-electron chi connectivity index (χ0n) is 13.7. The van der Waals surface area contributed by atoms with Crippen molar-refractivity contribution in [1.82, 2.24) is 15.0 Å². The molecule has 0 aliphatic heterocycles. The summed E-state index contributed by atoms with van der Waals surface area (Å²) in [6, 6.07) is 7.23. The number of hydrogen-bond acceptors (Lipinski definition) is 7. The van der Waals surface area contributed by atoms with Gasteiger partial charge in [-0.25, -0.2) is 0 Å². The van der Waals surface area contributed by atoms with Crippen molar-refractivity contribution in [2.75, 3.05) is 13.7 Å². The van der Waals surface area contributed by atoms with E-state index in [9.17, 15) is 4.79 Å². The van der Waals surface area contributed by atoms with E-state index in [2.05, 4.69) is 10.1 Å². The van der Waals surface area contributed by atoms with Crippen LogP contribution in [-0.4, -0.2) is 28.7 Å². The van der Waals surface area contributed by atoms with Crippen LogP contribution in [0.1, 0.15) is 24.2 Å². The highest BCUT2D eigenvalue weighted by atomic mass is 16.5. The second-order valence-corrected chi connectivity index (χ2v) is 5.43. The van der Waals surface area contributed by atoms with Crippen LogP contribution in [0.2, 0.25) is 0 Å². The second kappa shape index (κ2) is 7.37. The summed E-state index contributed by atoms with van der Waals surface area (Å²) in [5.41, 5.74) is 1.18. The fourth-order valence-electron chi connectivity index (χ4n) is 2.48. The van der Waals surface area contributed by atoms with Crippen molar-refractivity contribution >= 4 is 11.0 Å². The van der Waals surface area contributed by atoms with Crippen molar-refractivity contribution < 1.29 is 13.7 Å². The standard InChI is InChI=1S/C17H19N3O4/c1-3-20(9-16-18-15(11-22-2)19-24-16)8-12-10-23-14-7-5-4-6-13(14)17(12)21/h4-7,10H,3,8-9,11H2,1-2H3. The van der Waals surface area contributed by atoms with Gasteiger partial charge in [0.25, 0.3) is 0 Å². The summed E-state index contributed by atoms with van der Waals surface area (Å²) in [6.45, 7) is 3.96. The molecule has 0 spiro atoms. The van der Waals surface area contributed by atoms with Crippen LogP contribution in [0.15, 0.2) is 44.3 Å². The Balaban J connectivity index is 1.77. The molecule has 24 heavy (non-hydrogen) atoms. The Morgan fingerprint density at radius 1 is 1.25 bits per heavy atom. The number of ether oxygens (including phenoxy) is 1. The van der Waals surface area contributed by atoms with Crippen LogP contribution < -0.4 is 5.43 Å². The number of rotatable bonds is 7. The maximum atomic E-state index is 12.6. The molecule has 7 heteroatoms. The van der Waals surface area contributed by atoms with Crippen LogP contribution in [0.4, 0.5) is 0 Å². The van der Waals surface area contributed by atoms with Gasteiger partial charge in [0.1, 0.15) is 12.2 Å². The van der Waals surface area contributed by atoms with E-state index in [1.54, 1.807) is 19.2 Å². The van der Waals surface area contributed by atoms with Crippen LogP contribution in [0, 0.1) is 0 Å². The van der Waals surface area contributed by atoms with Crippen molar-refractivity contribution in [3.8, 4) is 0 Å². The summed E-state index contributed by atoms with van der Waals surface area (Å²) < 4.78 is 15.7. The molecule has 0 aliphatic carbocycles. The third-order valence-corrected chi connectivity index (χ3v) is 3.74. The van der Waals surface area contributed by atoms with Crippen molar-refractivity contribution in [3.05, 3.63) is 58.0 Å². The molecule has 0 N–H and O–H groups in total. The molecule has 0 amide bonds. The van der Waals surface area contributed by atoms with Crippen LogP contribution in [-0.2, 0) is 24.4 Å². The maximum absolute atomic E-state index is 12.6. The van der Waals surface area contributed by atoms with Crippen molar-refractivity contribution in [2.24, 2.45) is 0 Å². The van der Waals surface area contributed by atoms with E-state index in [-0.39, 0.29) is 5.43 Å². The van der Waals surface area contributed by atoms with Crippen molar-refractivity contribution in [1.29, 1.82) is 0 Å². The molecule has 0 saturated heterocycles. The maximum Gasteiger partial charge on any atom is 0.240 e. The smallest absolute Gasteiger partial charge is 0.240 e. The number of hydrogen-bond donors (Lipinski definition) is 0. The van der Waals surface area contributed by atoms with Gasteiger partial charge in [-0.1, -0.05) is 24.2 Å². The van der Waals surface area contributed by atoms with E-state index in [0.29, 0.717) is 47.9 Å². The van der Waals surface area contributed by atoms with Gasteiger partial charge in [0.2, 0.25) is 5.89 Å². The molecule has 2 aromatic heterocycles. The van der Waals surface area contributed by atoms with Crippen LogP contribution in [0.3, 0.4) is 0 Å². The average Bonchev–Trinajstić information content (AvgIpc) is 3.04. The molecule has 126 valence electrons.